The van der Waals surface area contributed by atoms with Crippen LogP contribution in [0.2, 0.25) is 0 Å². The molecule has 0 bridgehead atoms. The van der Waals surface area contributed by atoms with Crippen LogP contribution in [-0.4, -0.2) is 30.8 Å². The molecule has 1 aromatic rings. The number of nitrogens with zero attached hydrogens (tertiary/aromatic N) is 1. The van der Waals surface area contributed by atoms with Crippen molar-refractivity contribution in [2.24, 2.45) is 17.6 Å². The van der Waals surface area contributed by atoms with Crippen LogP contribution >= 0.6 is 12.2 Å². The minimum absolute atomic E-state index is 0.280. The van der Waals surface area contributed by atoms with Crippen molar-refractivity contribution in [3.8, 4) is 0 Å². The normalized spacial score (nSPS) is 24.0. The summed E-state index contributed by atoms with van der Waals surface area (Å²) < 4.78 is 27.3. The van der Waals surface area contributed by atoms with Crippen molar-refractivity contribution in [2.75, 3.05) is 13.1 Å². The van der Waals surface area contributed by atoms with Crippen molar-refractivity contribution in [3.05, 3.63) is 29.3 Å². The van der Waals surface area contributed by atoms with E-state index in [4.69, 9.17) is 18.0 Å². The van der Waals surface area contributed by atoms with Gasteiger partial charge in [-0.15, -0.1) is 0 Å². The monoisotopic (exact) mass is 326 g/mol. The molecule has 6 heteroatoms. The van der Waals surface area contributed by atoms with Gasteiger partial charge in [0.05, 0.1) is 4.90 Å². The van der Waals surface area contributed by atoms with Crippen molar-refractivity contribution in [1.82, 2.24) is 4.31 Å². The maximum atomic E-state index is 12.8. The van der Waals surface area contributed by atoms with Crippen LogP contribution in [0.1, 0.15) is 31.4 Å². The summed E-state index contributed by atoms with van der Waals surface area (Å²) in [5.74, 6) is 0.777. The second-order valence-electron chi connectivity index (χ2n) is 6.11. The van der Waals surface area contributed by atoms with Gasteiger partial charge in [0, 0.05) is 18.7 Å². The highest BCUT2D eigenvalue weighted by Gasteiger charge is 2.32. The van der Waals surface area contributed by atoms with Crippen LogP contribution < -0.4 is 5.73 Å². The summed E-state index contributed by atoms with van der Waals surface area (Å²) in [6.07, 6.45) is 1.07. The highest BCUT2D eigenvalue weighted by molar-refractivity contribution is 7.89. The molecule has 0 radical (unpaired) electrons. The lowest BCUT2D eigenvalue weighted by atomic mass is 9.94. The average molecular weight is 326 g/mol. The number of piperidine rings is 1. The fourth-order valence-electron chi connectivity index (χ4n) is 3.03. The molecule has 2 unspecified atom stereocenters. The summed E-state index contributed by atoms with van der Waals surface area (Å²) in [5.41, 5.74) is 6.97. The molecular formula is C15H22N2O2S2. The van der Waals surface area contributed by atoms with Crippen LogP contribution in [0.5, 0.6) is 0 Å². The molecular weight excluding hydrogens is 304 g/mol. The smallest absolute Gasteiger partial charge is 0.243 e. The molecule has 2 rings (SSSR count). The molecule has 1 saturated heterocycles. The van der Waals surface area contributed by atoms with Crippen molar-refractivity contribution in [2.45, 2.75) is 32.1 Å². The lowest BCUT2D eigenvalue weighted by molar-refractivity contribution is 0.222. The molecule has 4 nitrogen and oxygen atoms in total. The Morgan fingerprint density at radius 1 is 1.29 bits per heavy atom. The molecule has 1 heterocycles. The van der Waals surface area contributed by atoms with Gasteiger partial charge in [0.15, 0.2) is 0 Å². The van der Waals surface area contributed by atoms with Gasteiger partial charge in [0.25, 0.3) is 0 Å². The quantitative estimate of drug-likeness (QED) is 0.866. The van der Waals surface area contributed by atoms with Gasteiger partial charge in [-0.05, 0) is 42.9 Å². The minimum atomic E-state index is -3.45. The van der Waals surface area contributed by atoms with Crippen LogP contribution in [0.3, 0.4) is 0 Å². The standard InChI is InChI=1S/C15H22N2O2S2/c1-10-6-11(2)9-17(8-10)21(18,19)14-5-4-13(15(16)20)7-12(14)3/h4-5,7,10-11H,6,8-9H2,1-3H3,(H2,16,20). The van der Waals surface area contributed by atoms with E-state index in [1.165, 1.54) is 0 Å². The van der Waals surface area contributed by atoms with Gasteiger partial charge in [-0.2, -0.15) is 4.31 Å². The maximum absolute atomic E-state index is 12.8. The first-order valence-electron chi connectivity index (χ1n) is 7.12. The molecule has 0 amide bonds. The number of nitrogens with two attached hydrogens (primary N) is 1. The SMILES string of the molecule is Cc1cc(C(N)=S)ccc1S(=O)(=O)N1CC(C)CC(C)C1. The molecule has 2 N–H and O–H groups in total. The zero-order chi connectivity index (χ0) is 15.8. The van der Waals surface area contributed by atoms with E-state index >= 15 is 0 Å². The topological polar surface area (TPSA) is 63.4 Å². The summed E-state index contributed by atoms with van der Waals surface area (Å²) in [7, 11) is -3.45. The summed E-state index contributed by atoms with van der Waals surface area (Å²) in [5, 5.41) is 0. The molecule has 0 aromatic heterocycles. The number of aryl methyl sites for hydroxylation is 1. The number of sulfonamides is 1. The molecule has 21 heavy (non-hydrogen) atoms. The van der Waals surface area contributed by atoms with Crippen molar-refractivity contribution < 1.29 is 8.42 Å². The van der Waals surface area contributed by atoms with Gasteiger partial charge in [-0.25, -0.2) is 8.42 Å². The predicted molar refractivity (Wildman–Crippen MR) is 88.8 cm³/mol. The lowest BCUT2D eigenvalue weighted by Gasteiger charge is -2.34. The summed E-state index contributed by atoms with van der Waals surface area (Å²) in [4.78, 5) is 0.631. The molecule has 1 aliphatic rings. The first-order chi connectivity index (χ1) is 9.71. The highest BCUT2D eigenvalue weighted by atomic mass is 32.2. The molecule has 0 saturated carbocycles. The van der Waals surface area contributed by atoms with Crippen LogP contribution in [0.15, 0.2) is 23.1 Å². The molecule has 2 atom stereocenters. The first-order valence-corrected chi connectivity index (χ1v) is 8.97. The van der Waals surface area contributed by atoms with Gasteiger partial charge in [-0.1, -0.05) is 32.1 Å². The number of hydrogen-bond acceptors (Lipinski definition) is 3. The second-order valence-corrected chi connectivity index (χ2v) is 8.46. The third-order valence-electron chi connectivity index (χ3n) is 3.91. The third-order valence-corrected chi connectivity index (χ3v) is 6.14. The molecule has 116 valence electrons. The Hall–Kier alpha value is -0.980. The van der Waals surface area contributed by atoms with E-state index < -0.39 is 10.0 Å². The van der Waals surface area contributed by atoms with E-state index in [1.54, 1.807) is 29.4 Å². The molecule has 1 fully saturated rings. The fraction of sp³-hybridized carbons (Fsp3) is 0.533. The fourth-order valence-corrected chi connectivity index (χ4v) is 5.05. The van der Waals surface area contributed by atoms with E-state index in [9.17, 15) is 8.42 Å². The summed E-state index contributed by atoms with van der Waals surface area (Å²) in [6, 6.07) is 5.04. The summed E-state index contributed by atoms with van der Waals surface area (Å²) in [6.45, 7) is 7.15. The average Bonchev–Trinajstić information content (AvgIpc) is 2.36. The molecule has 1 aromatic carbocycles. The number of benzene rings is 1. The highest BCUT2D eigenvalue weighted by Crippen LogP contribution is 2.28. The Morgan fingerprint density at radius 2 is 1.86 bits per heavy atom. The zero-order valence-electron chi connectivity index (χ0n) is 12.7. The minimum Gasteiger partial charge on any atom is -0.389 e. The number of thiocarbonyl (C=S) groups is 1. The van der Waals surface area contributed by atoms with Crippen molar-refractivity contribution in [1.29, 1.82) is 0 Å². The number of rotatable bonds is 3. The zero-order valence-corrected chi connectivity index (χ0v) is 14.3. The Kier molecular flexibility index (Phi) is 4.70. The largest absolute Gasteiger partial charge is 0.389 e. The lowest BCUT2D eigenvalue weighted by Crippen LogP contribution is -2.42. The van der Waals surface area contributed by atoms with Crippen molar-refractivity contribution >= 4 is 27.2 Å². The van der Waals surface area contributed by atoms with Gasteiger partial charge in [-0.3, -0.25) is 0 Å². The second kappa shape index (κ2) is 6.02. The third kappa shape index (κ3) is 3.44. The number of hydrogen-bond donors (Lipinski definition) is 1. The van der Waals surface area contributed by atoms with E-state index in [-0.39, 0.29) is 4.99 Å². The maximum Gasteiger partial charge on any atom is 0.243 e. The summed E-state index contributed by atoms with van der Waals surface area (Å²) >= 11 is 4.93. The Labute approximate surface area is 132 Å². The Balaban J connectivity index is 2.37. The van der Waals surface area contributed by atoms with Crippen LogP contribution in [0.25, 0.3) is 0 Å². The molecule has 0 spiro atoms. The van der Waals surface area contributed by atoms with Gasteiger partial charge in [0.2, 0.25) is 10.0 Å². The van der Waals surface area contributed by atoms with E-state index in [0.717, 1.165) is 6.42 Å². The Morgan fingerprint density at radius 3 is 2.33 bits per heavy atom. The Bertz CT molecular complexity index is 646. The molecule has 0 aliphatic carbocycles. The van der Waals surface area contributed by atoms with Gasteiger partial charge >= 0.3 is 0 Å². The molecule has 1 aliphatic heterocycles. The van der Waals surface area contributed by atoms with Crippen LogP contribution in [0, 0.1) is 18.8 Å². The van der Waals surface area contributed by atoms with Gasteiger partial charge in [0.1, 0.15) is 4.99 Å². The van der Waals surface area contributed by atoms with E-state index in [2.05, 4.69) is 13.8 Å². The van der Waals surface area contributed by atoms with Gasteiger partial charge < -0.3 is 5.73 Å². The predicted octanol–water partition coefficient (Wildman–Crippen LogP) is 2.30. The van der Waals surface area contributed by atoms with Crippen LogP contribution in [0.4, 0.5) is 0 Å². The van der Waals surface area contributed by atoms with Crippen molar-refractivity contribution in [3.63, 3.8) is 0 Å². The van der Waals surface area contributed by atoms with E-state index in [0.29, 0.717) is 40.9 Å². The van der Waals surface area contributed by atoms with E-state index in [1.807, 2.05) is 0 Å². The van der Waals surface area contributed by atoms with Crippen LogP contribution in [-0.2, 0) is 10.0 Å². The first kappa shape index (κ1) is 16.4.